The average molecular weight is 501 g/mol. The first kappa shape index (κ1) is 23.8. The lowest BCUT2D eigenvalue weighted by molar-refractivity contribution is -0.138. The van der Waals surface area contributed by atoms with E-state index in [0.717, 1.165) is 25.5 Å². The normalized spacial score (nSPS) is 17.6. The van der Waals surface area contributed by atoms with Crippen LogP contribution in [0.3, 0.4) is 0 Å². The molecule has 1 aliphatic rings. The van der Waals surface area contributed by atoms with Crippen LogP contribution in [-0.2, 0) is 17.5 Å². The molecule has 1 fully saturated rings. The molecule has 1 heterocycles. The molecule has 27 heavy (non-hydrogen) atoms. The topological polar surface area (TPSA) is 54.9 Å². The van der Waals surface area contributed by atoms with Gasteiger partial charge in [-0.3, -0.25) is 4.99 Å². The third kappa shape index (κ3) is 7.73. The van der Waals surface area contributed by atoms with Crippen molar-refractivity contribution in [2.24, 2.45) is 4.99 Å². The summed E-state index contributed by atoms with van der Waals surface area (Å²) in [6, 6.07) is 4.02. The van der Waals surface area contributed by atoms with Gasteiger partial charge in [0, 0.05) is 26.7 Å². The van der Waals surface area contributed by atoms with E-state index in [4.69, 9.17) is 9.47 Å². The molecule has 0 spiro atoms. The summed E-state index contributed by atoms with van der Waals surface area (Å²) in [4.78, 5) is 4.05. The zero-order chi connectivity index (χ0) is 19.2. The molecule has 2 N–H and O–H groups in total. The maximum Gasteiger partial charge on any atom is 0.416 e. The van der Waals surface area contributed by atoms with Crippen LogP contribution in [-0.4, -0.2) is 38.4 Å². The number of halogens is 4. The van der Waals surface area contributed by atoms with E-state index in [1.807, 2.05) is 0 Å². The van der Waals surface area contributed by atoms with Crippen molar-refractivity contribution in [1.82, 2.24) is 10.6 Å². The van der Waals surface area contributed by atoms with Crippen LogP contribution in [0.1, 0.15) is 37.8 Å². The van der Waals surface area contributed by atoms with E-state index in [0.29, 0.717) is 12.5 Å². The summed E-state index contributed by atoms with van der Waals surface area (Å²) in [5.41, 5.74) is -0.577. The van der Waals surface area contributed by atoms with Gasteiger partial charge in [0.05, 0.1) is 17.8 Å². The Bertz CT molecular complexity index is 618. The Labute approximate surface area is 175 Å². The van der Waals surface area contributed by atoms with Gasteiger partial charge in [0.2, 0.25) is 0 Å². The van der Waals surface area contributed by atoms with Crippen LogP contribution in [0.4, 0.5) is 13.2 Å². The zero-order valence-electron chi connectivity index (χ0n) is 15.7. The minimum absolute atomic E-state index is 0. The summed E-state index contributed by atoms with van der Waals surface area (Å²) in [7, 11) is 1.58. The maximum absolute atomic E-state index is 13.4. The second kappa shape index (κ2) is 10.9. The van der Waals surface area contributed by atoms with E-state index in [-0.39, 0.29) is 54.0 Å². The standard InChI is InChI=1S/C18H26F3N3O2.HI/c1-12(2)26-14-7-6-13(16(9-14)18(19,20)21)10-23-17(22-3)24-11-15-5-4-8-25-15;/h6-7,9,12,15H,4-5,8,10-11H2,1-3H3,(H2,22,23,24);1H. The highest BCUT2D eigenvalue weighted by molar-refractivity contribution is 14.0. The molecule has 1 unspecified atom stereocenters. The second-order valence-electron chi connectivity index (χ2n) is 6.43. The number of nitrogens with one attached hydrogen (secondary N) is 2. The van der Waals surface area contributed by atoms with Crippen molar-refractivity contribution in [1.29, 1.82) is 0 Å². The molecule has 5 nitrogen and oxygen atoms in total. The first-order valence-corrected chi connectivity index (χ1v) is 8.72. The van der Waals surface area contributed by atoms with Crippen LogP contribution in [0.5, 0.6) is 5.75 Å². The van der Waals surface area contributed by atoms with E-state index < -0.39 is 11.7 Å². The van der Waals surface area contributed by atoms with Crippen LogP contribution in [0.15, 0.2) is 23.2 Å². The van der Waals surface area contributed by atoms with Gasteiger partial charge in [-0.05, 0) is 44.4 Å². The number of ether oxygens (including phenoxy) is 2. The van der Waals surface area contributed by atoms with E-state index in [2.05, 4.69) is 15.6 Å². The van der Waals surface area contributed by atoms with Gasteiger partial charge < -0.3 is 20.1 Å². The van der Waals surface area contributed by atoms with Crippen LogP contribution >= 0.6 is 24.0 Å². The molecule has 0 aromatic heterocycles. The summed E-state index contributed by atoms with van der Waals surface area (Å²) in [5.74, 6) is 0.646. The fraction of sp³-hybridized carbons (Fsp3) is 0.611. The van der Waals surface area contributed by atoms with Gasteiger partial charge in [0.25, 0.3) is 0 Å². The molecular weight excluding hydrogens is 474 g/mol. The van der Waals surface area contributed by atoms with E-state index in [9.17, 15) is 13.2 Å². The first-order chi connectivity index (χ1) is 12.3. The number of hydrogen-bond acceptors (Lipinski definition) is 3. The molecule has 9 heteroatoms. The fourth-order valence-electron chi connectivity index (χ4n) is 2.73. The molecule has 0 aliphatic carbocycles. The molecule has 154 valence electrons. The number of guanidine groups is 1. The lowest BCUT2D eigenvalue weighted by Crippen LogP contribution is -2.40. The molecule has 0 saturated carbocycles. The Hall–Kier alpha value is -1.23. The minimum Gasteiger partial charge on any atom is -0.491 e. The highest BCUT2D eigenvalue weighted by atomic mass is 127. The minimum atomic E-state index is -4.46. The Morgan fingerprint density at radius 3 is 2.63 bits per heavy atom. The van der Waals surface area contributed by atoms with Crippen LogP contribution < -0.4 is 15.4 Å². The smallest absolute Gasteiger partial charge is 0.416 e. The summed E-state index contributed by atoms with van der Waals surface area (Å²) in [5, 5.41) is 6.01. The van der Waals surface area contributed by atoms with Crippen molar-refractivity contribution in [3.05, 3.63) is 29.3 Å². The molecule has 2 rings (SSSR count). The Kier molecular flexibility index (Phi) is 9.65. The summed E-state index contributed by atoms with van der Waals surface area (Å²) in [6.45, 7) is 4.87. The Morgan fingerprint density at radius 1 is 1.33 bits per heavy atom. The van der Waals surface area contributed by atoms with E-state index in [1.54, 1.807) is 27.0 Å². The van der Waals surface area contributed by atoms with Crippen LogP contribution in [0.25, 0.3) is 0 Å². The largest absolute Gasteiger partial charge is 0.491 e. The highest BCUT2D eigenvalue weighted by Crippen LogP contribution is 2.34. The average Bonchev–Trinajstić information content (AvgIpc) is 3.08. The summed E-state index contributed by atoms with van der Waals surface area (Å²) >= 11 is 0. The number of hydrogen-bond donors (Lipinski definition) is 2. The molecule has 1 aromatic rings. The Balaban J connectivity index is 0.00000364. The SMILES string of the molecule is CN=C(NCc1ccc(OC(C)C)cc1C(F)(F)F)NCC1CCCO1.I. The maximum atomic E-state index is 13.4. The van der Waals surface area contributed by atoms with E-state index >= 15 is 0 Å². The second-order valence-corrected chi connectivity index (χ2v) is 6.43. The Morgan fingerprint density at radius 2 is 2.07 bits per heavy atom. The quantitative estimate of drug-likeness (QED) is 0.352. The van der Waals surface area contributed by atoms with Crippen molar-refractivity contribution in [2.45, 2.75) is 51.6 Å². The lowest BCUT2D eigenvalue weighted by Gasteiger charge is -2.18. The van der Waals surface area contributed by atoms with Gasteiger partial charge in [0.15, 0.2) is 5.96 Å². The molecular formula is C18H27F3IN3O2. The van der Waals surface area contributed by atoms with Gasteiger partial charge in [-0.25, -0.2) is 0 Å². The number of aliphatic imine (C=N–C) groups is 1. The molecule has 0 amide bonds. The molecule has 1 aliphatic heterocycles. The highest BCUT2D eigenvalue weighted by Gasteiger charge is 2.33. The van der Waals surface area contributed by atoms with E-state index in [1.165, 1.54) is 6.07 Å². The van der Waals surface area contributed by atoms with Crippen LogP contribution in [0.2, 0.25) is 0 Å². The monoisotopic (exact) mass is 501 g/mol. The third-order valence-electron chi connectivity index (χ3n) is 3.95. The van der Waals surface area contributed by atoms with Crippen molar-refractivity contribution < 1.29 is 22.6 Å². The predicted octanol–water partition coefficient (Wildman–Crippen LogP) is 3.95. The number of nitrogens with zero attached hydrogens (tertiary/aromatic N) is 1. The number of rotatable bonds is 6. The van der Waals surface area contributed by atoms with Crippen molar-refractivity contribution >= 4 is 29.9 Å². The van der Waals surface area contributed by atoms with Gasteiger partial charge >= 0.3 is 6.18 Å². The number of benzene rings is 1. The predicted molar refractivity (Wildman–Crippen MR) is 110 cm³/mol. The summed E-state index contributed by atoms with van der Waals surface area (Å²) < 4.78 is 51.0. The van der Waals surface area contributed by atoms with Gasteiger partial charge in [-0.1, -0.05) is 6.07 Å². The zero-order valence-corrected chi connectivity index (χ0v) is 18.1. The van der Waals surface area contributed by atoms with Crippen molar-refractivity contribution in [3.63, 3.8) is 0 Å². The molecule has 1 atom stereocenters. The van der Waals surface area contributed by atoms with Crippen molar-refractivity contribution in [2.75, 3.05) is 20.2 Å². The molecule has 1 aromatic carbocycles. The molecule has 0 bridgehead atoms. The third-order valence-corrected chi connectivity index (χ3v) is 3.95. The lowest BCUT2D eigenvalue weighted by atomic mass is 10.1. The number of alkyl halides is 3. The fourth-order valence-corrected chi connectivity index (χ4v) is 2.73. The summed E-state index contributed by atoms with van der Waals surface area (Å²) in [6.07, 6.45) is -2.53. The van der Waals surface area contributed by atoms with Crippen LogP contribution in [0, 0.1) is 0 Å². The van der Waals surface area contributed by atoms with Crippen molar-refractivity contribution in [3.8, 4) is 5.75 Å². The molecule has 0 radical (unpaired) electrons. The first-order valence-electron chi connectivity index (χ1n) is 8.72. The van der Waals surface area contributed by atoms with Gasteiger partial charge in [-0.2, -0.15) is 13.2 Å². The van der Waals surface area contributed by atoms with Gasteiger partial charge in [0.1, 0.15) is 5.75 Å². The van der Waals surface area contributed by atoms with Gasteiger partial charge in [-0.15, -0.1) is 24.0 Å². The molecule has 1 saturated heterocycles.